The summed E-state index contributed by atoms with van der Waals surface area (Å²) in [6.07, 6.45) is -4.58. The third-order valence-corrected chi connectivity index (χ3v) is 6.19. The number of rotatable bonds is 2. The Morgan fingerprint density at radius 2 is 1.28 bits per heavy atom. The molecule has 1 saturated heterocycles. The number of hydrogen-bond donors (Lipinski definition) is 0. The average Bonchev–Trinajstić information content (AvgIpc) is 2.93. The van der Waals surface area contributed by atoms with Gasteiger partial charge in [0.05, 0.1) is 2.74 Å². The SMILES string of the molecule is CC(C)(C)C1OC(=O)O[C@]1(C)C(C)(C)C.C[C@H](C(OC([NH-])=O)C(C)(C)C)C(C)(C)C.[3H]C([NH-])=O.[3H]C([NH-])=O.[K+].[K+].[NH2-]. The molecule has 1 aliphatic rings. The van der Waals surface area contributed by atoms with E-state index in [1.165, 1.54) is 0 Å². The summed E-state index contributed by atoms with van der Waals surface area (Å²) in [6.45, 7) is 28.8. The third-order valence-electron chi connectivity index (χ3n) is 6.19. The van der Waals surface area contributed by atoms with Crippen molar-refractivity contribution in [1.82, 2.24) is 0 Å². The molecule has 2 unspecified atom stereocenters. The predicted molar refractivity (Wildman–Crippen MR) is 147 cm³/mol. The summed E-state index contributed by atoms with van der Waals surface area (Å²) in [5.74, 6) is 0.215. The van der Waals surface area contributed by atoms with Crippen LogP contribution in [-0.4, -0.2) is 42.8 Å². The third kappa shape index (κ3) is 20.3. The van der Waals surface area contributed by atoms with E-state index in [0.717, 1.165) is 0 Å². The molecule has 11 nitrogen and oxygen atoms in total. The van der Waals surface area contributed by atoms with Crippen LogP contribution >= 0.6 is 0 Å². The van der Waals surface area contributed by atoms with Crippen LogP contribution in [0.3, 0.4) is 0 Å². The van der Waals surface area contributed by atoms with E-state index in [9.17, 15) is 9.59 Å². The van der Waals surface area contributed by atoms with Gasteiger partial charge in [-0.05, 0) is 23.7 Å². The van der Waals surface area contributed by atoms with Crippen molar-refractivity contribution < 1.29 is 139 Å². The summed E-state index contributed by atoms with van der Waals surface area (Å²) in [6, 6.07) is 0. The minimum atomic E-state index is -1.33. The topological polar surface area (TPSA) is 201 Å². The first kappa shape index (κ1) is 46.7. The minimum absolute atomic E-state index is 0. The van der Waals surface area contributed by atoms with Crippen LogP contribution in [0.15, 0.2) is 0 Å². The molecule has 1 aliphatic heterocycles. The van der Waals surface area contributed by atoms with Crippen molar-refractivity contribution in [2.75, 3.05) is 0 Å². The molecule has 222 valence electrons. The van der Waals surface area contributed by atoms with Gasteiger partial charge in [0.1, 0.15) is 6.10 Å². The van der Waals surface area contributed by atoms with Gasteiger partial charge in [0.2, 0.25) is 6.09 Å². The molecule has 0 aliphatic carbocycles. The van der Waals surface area contributed by atoms with Crippen LogP contribution in [0.2, 0.25) is 0 Å². The number of carbonyl (C=O) groups excluding carboxylic acids is 4. The summed E-state index contributed by atoms with van der Waals surface area (Å²) in [7, 11) is 0. The maximum Gasteiger partial charge on any atom is 1.00 e. The van der Waals surface area contributed by atoms with Gasteiger partial charge in [-0.3, -0.25) is 4.79 Å². The summed E-state index contributed by atoms with van der Waals surface area (Å²) in [5.41, 5.74) is 17.2. The van der Waals surface area contributed by atoms with Gasteiger partial charge in [-0.15, -0.1) is 0 Å². The van der Waals surface area contributed by atoms with Crippen molar-refractivity contribution in [3.05, 3.63) is 23.4 Å². The van der Waals surface area contributed by atoms with E-state index in [1.807, 2.05) is 27.7 Å². The van der Waals surface area contributed by atoms with E-state index in [4.69, 9.17) is 43.7 Å². The largest absolute Gasteiger partial charge is 1.00 e. The first-order valence-corrected chi connectivity index (χ1v) is 11.7. The van der Waals surface area contributed by atoms with Crippen LogP contribution in [0.25, 0.3) is 23.4 Å². The number of amides is 3. The Morgan fingerprint density at radius 3 is 1.46 bits per heavy atom. The molecule has 0 saturated carbocycles. The Labute approximate surface area is 325 Å². The normalized spacial score (nSPS) is 20.4. The fraction of sp³-hybridized carbons (Fsp3) is 0.846. The molecule has 0 aromatic heterocycles. The fourth-order valence-electron chi connectivity index (χ4n) is 3.61. The summed E-state index contributed by atoms with van der Waals surface area (Å²) >= 11 is 0. The van der Waals surface area contributed by atoms with Gasteiger partial charge in [0.15, 0.2) is 11.7 Å². The average molecular weight is 615 g/mol. The summed E-state index contributed by atoms with van der Waals surface area (Å²) in [4.78, 5) is 39.7. The molecule has 4 atom stereocenters. The zero-order valence-corrected chi connectivity index (χ0v) is 33.4. The Kier molecular flexibility index (Phi) is 25.6. The number of nitrogens with two attached hydrogens (primary N) is 1. The minimum Gasteiger partial charge on any atom is -0.693 e. The number of cyclic esters (lactones) is 2. The van der Waals surface area contributed by atoms with Crippen molar-refractivity contribution in [3.63, 3.8) is 0 Å². The van der Waals surface area contributed by atoms with E-state index in [2.05, 4.69) is 69.2 Å². The molecule has 0 aromatic carbocycles. The number of hydrogen-bond acceptors (Lipinski definition) is 7. The van der Waals surface area contributed by atoms with Gasteiger partial charge >= 0.3 is 109 Å². The van der Waals surface area contributed by atoms with Gasteiger partial charge in [0.25, 0.3) is 0 Å². The number of ether oxygens (including phenoxy) is 3. The summed E-state index contributed by atoms with van der Waals surface area (Å²) < 4.78 is 27.1. The molecule has 1 heterocycles. The molecule has 0 radical (unpaired) electrons. The molecular weight excluding hydrogens is 559 g/mol. The maximum absolute atomic E-state index is 11.3. The molecule has 1 fully saturated rings. The first-order valence-electron chi connectivity index (χ1n) is 12.7. The van der Waals surface area contributed by atoms with Crippen molar-refractivity contribution in [2.24, 2.45) is 27.6 Å². The van der Waals surface area contributed by atoms with E-state index < -0.39 is 30.6 Å². The van der Waals surface area contributed by atoms with E-state index in [1.54, 1.807) is 0 Å². The monoisotopic (exact) mass is 614 g/mol. The second-order valence-electron chi connectivity index (χ2n) is 13.1. The van der Waals surface area contributed by atoms with Crippen LogP contribution in [0.1, 0.15) is 99.7 Å². The molecule has 0 spiro atoms. The Balaban J connectivity index is -0.000000112. The van der Waals surface area contributed by atoms with Crippen molar-refractivity contribution in [1.29, 1.82) is 0 Å². The van der Waals surface area contributed by atoms with E-state index in [-0.39, 0.29) is 149 Å². The molecule has 1 rings (SSSR count). The van der Waals surface area contributed by atoms with Gasteiger partial charge in [-0.25, -0.2) is 4.79 Å². The molecule has 3 amide bonds. The van der Waals surface area contributed by atoms with Crippen LogP contribution in [0.5, 0.6) is 0 Å². The Morgan fingerprint density at radius 1 is 0.949 bits per heavy atom. The van der Waals surface area contributed by atoms with Crippen LogP contribution in [-0.2, 0) is 23.8 Å². The smallest absolute Gasteiger partial charge is 0.693 e. The molecule has 13 heteroatoms. The second kappa shape index (κ2) is 21.4. The van der Waals surface area contributed by atoms with Gasteiger partial charge in [-0.1, -0.05) is 90.0 Å². The van der Waals surface area contributed by atoms with E-state index >= 15 is 0 Å². The summed E-state index contributed by atoms with van der Waals surface area (Å²) in [5, 5.41) is 0. The number of carbonyl (C=O) groups is 4. The maximum atomic E-state index is 11.3. The van der Waals surface area contributed by atoms with Crippen molar-refractivity contribution in [3.8, 4) is 0 Å². The standard InChI is InChI=1S/C12H25NO2.C12H22O3.2CH3NO.2K.H2N/c1-8(11(2,3)4)9(12(5,6)7)15-10(13)14;1-10(2,3)8-12(7,11(4,5)6)15-9(13)14-8;2*2-1-3;;;/h8-9H,1-7H3,(H2,13,14);8H,1-7H3;2*1H,(H2,2,3);;;1H2/q;;;;2*+1;-1/p-3/t8-,9?;8?,12-;;;;;/m10...../s1/i;;2*1T;;;. The van der Waals surface area contributed by atoms with Crippen LogP contribution in [0, 0.1) is 27.6 Å². The fourth-order valence-corrected chi connectivity index (χ4v) is 3.61. The Bertz CT molecular complexity index is 790. The van der Waals surface area contributed by atoms with Crippen LogP contribution < -0.4 is 103 Å². The first-order chi connectivity index (χ1) is 16.4. The van der Waals surface area contributed by atoms with E-state index in [0.29, 0.717) is 0 Å². The zero-order valence-electron chi connectivity index (χ0n) is 29.2. The van der Waals surface area contributed by atoms with Crippen LogP contribution in [0.4, 0.5) is 9.59 Å². The van der Waals surface area contributed by atoms with Crippen molar-refractivity contribution >= 4 is 25.0 Å². The molecule has 39 heavy (non-hydrogen) atoms. The predicted octanol–water partition coefficient (Wildman–Crippen LogP) is 2.76. The molecule has 0 bridgehead atoms. The quantitative estimate of drug-likeness (QED) is 0.258. The van der Waals surface area contributed by atoms with Gasteiger partial charge < -0.3 is 47.2 Å². The Hall–Kier alpha value is 0.713. The zero-order chi connectivity index (χ0) is 31.7. The second-order valence-corrected chi connectivity index (χ2v) is 13.1. The molecular formula is C26H52K2N4O7-2. The molecule has 5 N–H and O–H groups in total. The number of nitrogens with one attached hydrogen (secondary N) is 3. The van der Waals surface area contributed by atoms with Crippen molar-refractivity contribution in [2.45, 2.75) is 115 Å². The van der Waals surface area contributed by atoms with Gasteiger partial charge in [-0.2, -0.15) is 0 Å². The molecule has 0 aromatic rings. The van der Waals surface area contributed by atoms with Gasteiger partial charge in [0, 0.05) is 23.6 Å².